The van der Waals surface area contributed by atoms with E-state index in [1.807, 2.05) is 12.1 Å². The topological polar surface area (TPSA) is 0 Å². The molecular weight excluding hydrogens is 235 g/mol. The molecule has 0 bridgehead atoms. The molecule has 96 valence electrons. The van der Waals surface area contributed by atoms with E-state index in [1.165, 1.54) is 27.8 Å². The highest BCUT2D eigenvalue weighted by molar-refractivity contribution is 5.52. The number of halogens is 1. The van der Waals surface area contributed by atoms with Crippen LogP contribution in [-0.4, -0.2) is 5.67 Å². The summed E-state index contributed by atoms with van der Waals surface area (Å²) in [6.45, 7) is 2.09. The Labute approximate surface area is 113 Å². The number of hydrogen-bond donors (Lipinski definition) is 0. The molecule has 0 radical (unpaired) electrons. The standard InChI is InChI=1S/C18H17F/c1-12-6-7-13-8-9-18(19)11-14-4-2-3-5-15(14)17(18)16(13)10-12/h2-7,10,17H,8-9,11H2,1H3/t17-,18+/m0/s1. The number of benzene rings is 2. The Morgan fingerprint density at radius 2 is 1.89 bits per heavy atom. The number of hydrogen-bond acceptors (Lipinski definition) is 0. The van der Waals surface area contributed by atoms with Crippen LogP contribution in [0.4, 0.5) is 4.39 Å². The summed E-state index contributed by atoms with van der Waals surface area (Å²) in [7, 11) is 0. The highest BCUT2D eigenvalue weighted by atomic mass is 19.1. The van der Waals surface area contributed by atoms with E-state index in [0.717, 1.165) is 6.42 Å². The smallest absolute Gasteiger partial charge is 0.126 e. The average molecular weight is 252 g/mol. The fraction of sp³-hybridized carbons (Fsp3) is 0.333. The third kappa shape index (κ3) is 1.51. The van der Waals surface area contributed by atoms with Gasteiger partial charge in [0.05, 0.1) is 0 Å². The highest BCUT2D eigenvalue weighted by Gasteiger charge is 2.49. The predicted octanol–water partition coefficient (Wildman–Crippen LogP) is 4.34. The number of rotatable bonds is 0. The first-order valence-corrected chi connectivity index (χ1v) is 7.03. The molecular formula is C18H17F. The van der Waals surface area contributed by atoms with Crippen LogP contribution < -0.4 is 0 Å². The molecule has 0 aromatic heterocycles. The Bertz CT molecular complexity index is 658. The summed E-state index contributed by atoms with van der Waals surface area (Å²) in [4.78, 5) is 0. The van der Waals surface area contributed by atoms with E-state index in [1.54, 1.807) is 0 Å². The van der Waals surface area contributed by atoms with Crippen molar-refractivity contribution in [2.45, 2.75) is 37.8 Å². The van der Waals surface area contributed by atoms with Crippen LogP contribution in [0.3, 0.4) is 0 Å². The maximum Gasteiger partial charge on any atom is 0.126 e. The lowest BCUT2D eigenvalue weighted by molar-refractivity contribution is 0.133. The molecule has 1 heteroatoms. The Morgan fingerprint density at radius 3 is 2.79 bits per heavy atom. The van der Waals surface area contributed by atoms with Crippen LogP contribution in [0.1, 0.15) is 40.2 Å². The molecule has 0 aliphatic heterocycles. The van der Waals surface area contributed by atoms with Crippen molar-refractivity contribution in [2.24, 2.45) is 0 Å². The zero-order chi connectivity index (χ0) is 13.0. The van der Waals surface area contributed by atoms with Gasteiger partial charge in [-0.15, -0.1) is 0 Å². The summed E-state index contributed by atoms with van der Waals surface area (Å²) >= 11 is 0. The molecule has 2 aliphatic rings. The van der Waals surface area contributed by atoms with Crippen LogP contribution in [0.2, 0.25) is 0 Å². The normalized spacial score (nSPS) is 27.6. The second-order valence-electron chi connectivity index (χ2n) is 6.05. The first-order valence-electron chi connectivity index (χ1n) is 7.03. The van der Waals surface area contributed by atoms with Gasteiger partial charge in [-0.1, -0.05) is 48.0 Å². The van der Waals surface area contributed by atoms with Crippen LogP contribution in [-0.2, 0) is 12.8 Å². The first-order chi connectivity index (χ1) is 9.17. The maximum atomic E-state index is 15.4. The van der Waals surface area contributed by atoms with Gasteiger partial charge >= 0.3 is 0 Å². The summed E-state index contributed by atoms with van der Waals surface area (Å²) in [5, 5.41) is 0. The van der Waals surface area contributed by atoms with Gasteiger partial charge < -0.3 is 0 Å². The third-order valence-electron chi connectivity index (χ3n) is 4.79. The van der Waals surface area contributed by atoms with Gasteiger partial charge in [-0.2, -0.15) is 0 Å². The molecule has 0 fully saturated rings. The minimum Gasteiger partial charge on any atom is -0.242 e. The molecule has 0 nitrogen and oxygen atoms in total. The SMILES string of the molecule is Cc1ccc2c(c1)[C@@H]1c3ccccc3C[C@]1(F)CC2. The molecule has 0 saturated heterocycles. The molecule has 2 atom stereocenters. The van der Waals surface area contributed by atoms with Crippen molar-refractivity contribution < 1.29 is 4.39 Å². The van der Waals surface area contributed by atoms with Gasteiger partial charge in [-0.05, 0) is 42.0 Å². The molecule has 0 saturated carbocycles. The monoisotopic (exact) mass is 252 g/mol. The van der Waals surface area contributed by atoms with Gasteiger partial charge in [0.25, 0.3) is 0 Å². The van der Waals surface area contributed by atoms with Gasteiger partial charge in [-0.25, -0.2) is 4.39 Å². The van der Waals surface area contributed by atoms with Crippen LogP contribution in [0, 0.1) is 6.92 Å². The van der Waals surface area contributed by atoms with Gasteiger partial charge in [0, 0.05) is 12.3 Å². The molecule has 19 heavy (non-hydrogen) atoms. The largest absolute Gasteiger partial charge is 0.242 e. The molecule has 4 rings (SSSR count). The van der Waals surface area contributed by atoms with Crippen molar-refractivity contribution in [3.63, 3.8) is 0 Å². The molecule has 2 aliphatic carbocycles. The zero-order valence-electron chi connectivity index (χ0n) is 11.1. The molecule has 0 N–H and O–H groups in total. The van der Waals surface area contributed by atoms with E-state index < -0.39 is 5.67 Å². The Balaban J connectivity index is 1.97. The highest BCUT2D eigenvalue weighted by Crippen LogP contribution is 2.53. The van der Waals surface area contributed by atoms with Gasteiger partial charge in [0.15, 0.2) is 0 Å². The van der Waals surface area contributed by atoms with Crippen LogP contribution in [0.25, 0.3) is 0 Å². The fourth-order valence-corrected chi connectivity index (χ4v) is 3.91. The third-order valence-corrected chi connectivity index (χ3v) is 4.79. The second kappa shape index (κ2) is 3.69. The Morgan fingerprint density at radius 1 is 1.05 bits per heavy atom. The van der Waals surface area contributed by atoms with E-state index in [9.17, 15) is 0 Å². The lowest BCUT2D eigenvalue weighted by Crippen LogP contribution is -2.34. The van der Waals surface area contributed by atoms with E-state index in [2.05, 4.69) is 37.3 Å². The number of aryl methyl sites for hydroxylation is 2. The van der Waals surface area contributed by atoms with E-state index in [-0.39, 0.29) is 5.92 Å². The summed E-state index contributed by atoms with van der Waals surface area (Å²) in [5.74, 6) is -0.0488. The van der Waals surface area contributed by atoms with E-state index in [4.69, 9.17) is 0 Å². The lowest BCUT2D eigenvalue weighted by Gasteiger charge is -2.35. The van der Waals surface area contributed by atoms with Crippen molar-refractivity contribution >= 4 is 0 Å². The van der Waals surface area contributed by atoms with E-state index >= 15 is 4.39 Å². The molecule has 0 amide bonds. The summed E-state index contributed by atoms with van der Waals surface area (Å²) in [6.07, 6.45) is 2.11. The predicted molar refractivity (Wildman–Crippen MR) is 75.3 cm³/mol. The molecule has 0 heterocycles. The Kier molecular flexibility index (Phi) is 2.18. The van der Waals surface area contributed by atoms with Gasteiger partial charge in [0.2, 0.25) is 0 Å². The summed E-state index contributed by atoms with van der Waals surface area (Å²) < 4.78 is 15.4. The van der Waals surface area contributed by atoms with E-state index in [0.29, 0.717) is 12.8 Å². The minimum atomic E-state index is -1.06. The molecule has 2 aromatic carbocycles. The fourth-order valence-electron chi connectivity index (χ4n) is 3.91. The first kappa shape index (κ1) is 11.2. The van der Waals surface area contributed by atoms with Crippen molar-refractivity contribution in [1.82, 2.24) is 0 Å². The molecule has 2 aromatic rings. The second-order valence-corrected chi connectivity index (χ2v) is 6.05. The van der Waals surface area contributed by atoms with Crippen LogP contribution in [0.15, 0.2) is 42.5 Å². The number of alkyl halides is 1. The van der Waals surface area contributed by atoms with Crippen LogP contribution in [0.5, 0.6) is 0 Å². The van der Waals surface area contributed by atoms with Crippen molar-refractivity contribution in [3.05, 3.63) is 70.3 Å². The molecule has 0 spiro atoms. The van der Waals surface area contributed by atoms with Crippen molar-refractivity contribution in [3.8, 4) is 0 Å². The maximum absolute atomic E-state index is 15.4. The number of fused-ring (bicyclic) bond motifs is 5. The molecule has 0 unspecified atom stereocenters. The van der Waals surface area contributed by atoms with Gasteiger partial charge in [0.1, 0.15) is 5.67 Å². The Hall–Kier alpha value is -1.63. The van der Waals surface area contributed by atoms with Gasteiger partial charge in [-0.3, -0.25) is 0 Å². The van der Waals surface area contributed by atoms with Crippen LogP contribution >= 0.6 is 0 Å². The average Bonchev–Trinajstić information content (AvgIpc) is 2.71. The van der Waals surface area contributed by atoms with Crippen molar-refractivity contribution in [1.29, 1.82) is 0 Å². The summed E-state index contributed by atoms with van der Waals surface area (Å²) in [6, 6.07) is 14.8. The zero-order valence-corrected chi connectivity index (χ0v) is 11.1. The quantitative estimate of drug-likeness (QED) is 0.654. The summed E-state index contributed by atoms with van der Waals surface area (Å²) in [5.41, 5.74) is 5.12. The lowest BCUT2D eigenvalue weighted by atomic mass is 9.73. The van der Waals surface area contributed by atoms with Crippen molar-refractivity contribution in [2.75, 3.05) is 0 Å². The minimum absolute atomic E-state index is 0.0488.